The molecule has 0 saturated carbocycles. The Kier molecular flexibility index (Phi) is 3.80. The molecule has 0 amide bonds. The first-order valence-electron chi connectivity index (χ1n) is 6.98. The molecule has 2 aromatic rings. The topological polar surface area (TPSA) is 34.9 Å². The molecule has 0 aliphatic rings. The number of benzene rings is 1. The van der Waals surface area contributed by atoms with Gasteiger partial charge in [-0.15, -0.1) is 0 Å². The first kappa shape index (κ1) is 14.5. The van der Waals surface area contributed by atoms with Gasteiger partial charge < -0.3 is 0 Å². The van der Waals surface area contributed by atoms with E-state index in [1.54, 1.807) is 0 Å². The molecule has 0 spiro atoms. The molecule has 0 aliphatic carbocycles. The summed E-state index contributed by atoms with van der Waals surface area (Å²) in [4.78, 5) is 11.2. The summed E-state index contributed by atoms with van der Waals surface area (Å²) in [5.41, 5.74) is 3.79. The van der Waals surface area contributed by atoms with E-state index in [1.165, 1.54) is 5.56 Å². The van der Waals surface area contributed by atoms with Crippen LogP contribution < -0.4 is 0 Å². The van der Waals surface area contributed by atoms with Gasteiger partial charge in [-0.2, -0.15) is 5.10 Å². The van der Waals surface area contributed by atoms with Gasteiger partial charge in [0.15, 0.2) is 6.29 Å². The van der Waals surface area contributed by atoms with Crippen molar-refractivity contribution in [3.63, 3.8) is 0 Å². The fourth-order valence-corrected chi connectivity index (χ4v) is 2.11. The van der Waals surface area contributed by atoms with E-state index in [2.05, 4.69) is 38.0 Å². The van der Waals surface area contributed by atoms with E-state index < -0.39 is 0 Å². The van der Waals surface area contributed by atoms with Gasteiger partial charge in [0.2, 0.25) is 0 Å². The quantitative estimate of drug-likeness (QED) is 0.782. The van der Waals surface area contributed by atoms with Crippen molar-refractivity contribution < 1.29 is 4.79 Å². The highest BCUT2D eigenvalue weighted by Gasteiger charge is 2.15. The number of hydrogen-bond donors (Lipinski definition) is 0. The normalized spacial score (nSPS) is 11.9. The van der Waals surface area contributed by atoms with Crippen LogP contribution in [0.25, 0.3) is 11.3 Å². The lowest BCUT2D eigenvalue weighted by atomic mass is 9.86. The van der Waals surface area contributed by atoms with E-state index >= 15 is 0 Å². The summed E-state index contributed by atoms with van der Waals surface area (Å²) in [6.07, 6.45) is 2.68. The Bertz CT molecular complexity index is 601. The minimum atomic E-state index is 0.128. The summed E-state index contributed by atoms with van der Waals surface area (Å²) in [6.45, 7) is 10.7. The zero-order valence-corrected chi connectivity index (χ0v) is 12.8. The number of carbonyl (C=O) groups is 1. The second-order valence-corrected chi connectivity index (χ2v) is 6.45. The molecule has 0 saturated heterocycles. The molecule has 0 radical (unpaired) electrons. The predicted molar refractivity (Wildman–Crippen MR) is 82.1 cm³/mol. The van der Waals surface area contributed by atoms with E-state index in [-0.39, 0.29) is 11.5 Å². The monoisotopic (exact) mass is 270 g/mol. The summed E-state index contributed by atoms with van der Waals surface area (Å²) in [6, 6.07) is 8.55. The molecule has 1 aromatic carbocycles. The highest BCUT2D eigenvalue weighted by atomic mass is 16.1. The minimum absolute atomic E-state index is 0.128. The van der Waals surface area contributed by atoms with Gasteiger partial charge in [0.05, 0.1) is 5.56 Å². The fourth-order valence-electron chi connectivity index (χ4n) is 2.11. The third-order valence-electron chi connectivity index (χ3n) is 3.44. The smallest absolute Gasteiger partial charge is 0.153 e. The van der Waals surface area contributed by atoms with Crippen LogP contribution in [-0.2, 0) is 5.41 Å². The van der Waals surface area contributed by atoms with E-state index in [4.69, 9.17) is 0 Å². The van der Waals surface area contributed by atoms with Crippen molar-refractivity contribution in [1.29, 1.82) is 0 Å². The van der Waals surface area contributed by atoms with Gasteiger partial charge in [-0.05, 0) is 24.8 Å². The highest BCUT2D eigenvalue weighted by molar-refractivity contribution is 5.85. The molecule has 2 rings (SSSR count). The Balaban J connectivity index is 2.43. The first-order chi connectivity index (χ1) is 9.32. The number of rotatable bonds is 3. The van der Waals surface area contributed by atoms with Crippen LogP contribution in [0.4, 0.5) is 0 Å². The van der Waals surface area contributed by atoms with Crippen molar-refractivity contribution in [3.8, 4) is 11.3 Å². The Morgan fingerprint density at radius 3 is 2.20 bits per heavy atom. The van der Waals surface area contributed by atoms with Crippen LogP contribution in [0.2, 0.25) is 0 Å². The average molecular weight is 270 g/mol. The Morgan fingerprint density at radius 1 is 1.15 bits per heavy atom. The summed E-state index contributed by atoms with van der Waals surface area (Å²) < 4.78 is 1.83. The Morgan fingerprint density at radius 2 is 1.75 bits per heavy atom. The van der Waals surface area contributed by atoms with Gasteiger partial charge in [0.1, 0.15) is 5.69 Å². The lowest BCUT2D eigenvalue weighted by Crippen LogP contribution is -2.10. The molecule has 3 nitrogen and oxygen atoms in total. The fraction of sp³-hybridized carbons (Fsp3) is 0.412. The number of nitrogens with zero attached hydrogens (tertiary/aromatic N) is 2. The van der Waals surface area contributed by atoms with E-state index in [0.717, 1.165) is 17.5 Å². The molecule has 0 fully saturated rings. The van der Waals surface area contributed by atoms with Gasteiger partial charge in [-0.1, -0.05) is 45.0 Å². The van der Waals surface area contributed by atoms with Crippen molar-refractivity contribution in [3.05, 3.63) is 41.6 Å². The average Bonchev–Trinajstić information content (AvgIpc) is 2.82. The maximum absolute atomic E-state index is 11.2. The third kappa shape index (κ3) is 2.82. The van der Waals surface area contributed by atoms with Crippen molar-refractivity contribution in [2.75, 3.05) is 0 Å². The zero-order chi connectivity index (χ0) is 14.9. The first-order valence-corrected chi connectivity index (χ1v) is 6.98. The summed E-state index contributed by atoms with van der Waals surface area (Å²) in [7, 11) is 0. The van der Waals surface area contributed by atoms with Crippen LogP contribution in [-0.4, -0.2) is 16.1 Å². The Hall–Kier alpha value is -1.90. The number of aromatic nitrogens is 2. The van der Waals surface area contributed by atoms with Gasteiger partial charge >= 0.3 is 0 Å². The van der Waals surface area contributed by atoms with Gasteiger partial charge in [-0.25, -0.2) is 0 Å². The van der Waals surface area contributed by atoms with Gasteiger partial charge in [0, 0.05) is 17.8 Å². The van der Waals surface area contributed by atoms with E-state index in [9.17, 15) is 4.79 Å². The molecule has 1 aromatic heterocycles. The summed E-state index contributed by atoms with van der Waals surface area (Å²) in [5, 5.41) is 4.53. The highest BCUT2D eigenvalue weighted by Crippen LogP contribution is 2.27. The van der Waals surface area contributed by atoms with E-state index in [0.29, 0.717) is 5.56 Å². The number of aldehydes is 1. The summed E-state index contributed by atoms with van der Waals surface area (Å²) in [5.74, 6) is 0. The largest absolute Gasteiger partial charge is 0.298 e. The van der Waals surface area contributed by atoms with Gasteiger partial charge in [-0.3, -0.25) is 9.48 Å². The third-order valence-corrected chi connectivity index (χ3v) is 3.44. The van der Waals surface area contributed by atoms with E-state index in [1.807, 2.05) is 36.9 Å². The van der Waals surface area contributed by atoms with Crippen LogP contribution in [0.1, 0.15) is 56.6 Å². The molecule has 0 unspecified atom stereocenters. The molecular weight excluding hydrogens is 248 g/mol. The molecule has 3 heteroatoms. The predicted octanol–water partition coefficient (Wildman–Crippen LogP) is 4.24. The molecule has 0 bridgehead atoms. The second kappa shape index (κ2) is 5.23. The van der Waals surface area contributed by atoms with Crippen molar-refractivity contribution >= 4 is 6.29 Å². The molecule has 0 aliphatic heterocycles. The maximum atomic E-state index is 11.2. The van der Waals surface area contributed by atoms with Crippen LogP contribution in [0.5, 0.6) is 0 Å². The molecule has 0 N–H and O–H groups in total. The maximum Gasteiger partial charge on any atom is 0.153 e. The van der Waals surface area contributed by atoms with Crippen LogP contribution in [0.15, 0.2) is 30.5 Å². The lowest BCUT2D eigenvalue weighted by molar-refractivity contribution is 0.112. The molecule has 20 heavy (non-hydrogen) atoms. The van der Waals surface area contributed by atoms with Crippen LogP contribution in [0.3, 0.4) is 0 Å². The van der Waals surface area contributed by atoms with Crippen molar-refractivity contribution in [2.24, 2.45) is 0 Å². The Labute approximate surface area is 120 Å². The SMILES string of the molecule is CC(C)n1cc(C=O)c(-c2ccc(C(C)(C)C)cc2)n1. The van der Waals surface area contributed by atoms with Gasteiger partial charge in [0.25, 0.3) is 0 Å². The molecule has 106 valence electrons. The van der Waals surface area contributed by atoms with Crippen LogP contribution >= 0.6 is 0 Å². The lowest BCUT2D eigenvalue weighted by Gasteiger charge is -2.19. The van der Waals surface area contributed by atoms with Crippen molar-refractivity contribution in [1.82, 2.24) is 9.78 Å². The minimum Gasteiger partial charge on any atom is -0.298 e. The molecular formula is C17H22N2O. The van der Waals surface area contributed by atoms with Crippen LogP contribution in [0, 0.1) is 0 Å². The second-order valence-electron chi connectivity index (χ2n) is 6.45. The number of carbonyl (C=O) groups excluding carboxylic acids is 1. The molecule has 1 heterocycles. The van der Waals surface area contributed by atoms with Crippen molar-refractivity contribution in [2.45, 2.75) is 46.1 Å². The molecule has 0 atom stereocenters. The standard InChI is InChI=1S/C17H22N2O/c1-12(2)19-10-14(11-20)16(18-19)13-6-8-15(9-7-13)17(3,4)5/h6-12H,1-5H3. The number of hydrogen-bond acceptors (Lipinski definition) is 2. The zero-order valence-electron chi connectivity index (χ0n) is 12.8. The summed E-state index contributed by atoms with van der Waals surface area (Å²) >= 11 is 0.